The van der Waals surface area contributed by atoms with E-state index in [1.165, 1.54) is 0 Å². The fraction of sp³-hybridized carbons (Fsp3) is 1.00. The van der Waals surface area contributed by atoms with E-state index < -0.39 is 0 Å². The SMILES string of the molecule is CN(C)CCN1C(CO)CN(C)CC1(C)C. The average molecular weight is 229 g/mol. The summed E-state index contributed by atoms with van der Waals surface area (Å²) in [5.74, 6) is 0. The molecule has 1 aliphatic rings. The van der Waals surface area contributed by atoms with Crippen molar-refractivity contribution >= 4 is 0 Å². The largest absolute Gasteiger partial charge is 0.395 e. The summed E-state index contributed by atoms with van der Waals surface area (Å²) in [6.45, 7) is 8.89. The van der Waals surface area contributed by atoms with Crippen molar-refractivity contribution in [3.63, 3.8) is 0 Å². The van der Waals surface area contributed by atoms with E-state index in [9.17, 15) is 5.11 Å². The minimum atomic E-state index is 0.149. The van der Waals surface area contributed by atoms with Crippen molar-refractivity contribution in [1.29, 1.82) is 0 Å². The molecular weight excluding hydrogens is 202 g/mol. The number of nitrogens with zero attached hydrogens (tertiary/aromatic N) is 3. The molecule has 1 rings (SSSR count). The first-order valence-corrected chi connectivity index (χ1v) is 6.07. The van der Waals surface area contributed by atoms with Crippen molar-refractivity contribution in [3.8, 4) is 0 Å². The summed E-state index contributed by atoms with van der Waals surface area (Å²) in [5, 5.41) is 9.49. The Hall–Kier alpha value is -0.160. The first-order chi connectivity index (χ1) is 7.36. The maximum atomic E-state index is 9.49. The molecule has 1 heterocycles. The molecule has 96 valence electrons. The predicted octanol–water partition coefficient (Wildman–Crippen LogP) is -0.0651. The van der Waals surface area contributed by atoms with Gasteiger partial charge in [-0.15, -0.1) is 0 Å². The predicted molar refractivity (Wildman–Crippen MR) is 67.7 cm³/mol. The van der Waals surface area contributed by atoms with Gasteiger partial charge in [0.25, 0.3) is 0 Å². The Balaban J connectivity index is 2.67. The molecule has 16 heavy (non-hydrogen) atoms. The Kier molecular flexibility index (Phi) is 4.73. The zero-order valence-corrected chi connectivity index (χ0v) is 11.4. The van der Waals surface area contributed by atoms with Crippen molar-refractivity contribution < 1.29 is 5.11 Å². The van der Waals surface area contributed by atoms with Gasteiger partial charge in [-0.25, -0.2) is 0 Å². The van der Waals surface area contributed by atoms with E-state index in [2.05, 4.69) is 49.7 Å². The second kappa shape index (κ2) is 5.45. The van der Waals surface area contributed by atoms with E-state index in [1.54, 1.807) is 0 Å². The number of aliphatic hydroxyl groups excluding tert-OH is 1. The quantitative estimate of drug-likeness (QED) is 0.731. The Morgan fingerprint density at radius 1 is 1.38 bits per heavy atom. The monoisotopic (exact) mass is 229 g/mol. The van der Waals surface area contributed by atoms with Crippen LogP contribution in [0.1, 0.15) is 13.8 Å². The van der Waals surface area contributed by atoms with Crippen LogP contribution in [0.25, 0.3) is 0 Å². The van der Waals surface area contributed by atoms with Gasteiger partial charge in [0.15, 0.2) is 0 Å². The van der Waals surface area contributed by atoms with E-state index in [0.717, 1.165) is 26.2 Å². The second-order valence-corrected chi connectivity index (χ2v) is 5.84. The molecule has 1 unspecified atom stereocenters. The van der Waals surface area contributed by atoms with Crippen molar-refractivity contribution in [3.05, 3.63) is 0 Å². The summed E-state index contributed by atoms with van der Waals surface area (Å²) in [5.41, 5.74) is 0.149. The van der Waals surface area contributed by atoms with Crippen LogP contribution >= 0.6 is 0 Å². The average Bonchev–Trinajstić information content (AvgIpc) is 2.13. The molecule has 0 aliphatic carbocycles. The summed E-state index contributed by atoms with van der Waals surface area (Å²) in [7, 11) is 6.32. The van der Waals surface area contributed by atoms with E-state index in [1.807, 2.05) is 0 Å². The third-order valence-electron chi connectivity index (χ3n) is 3.40. The molecule has 0 aromatic rings. The van der Waals surface area contributed by atoms with Crippen molar-refractivity contribution in [2.75, 3.05) is 53.9 Å². The van der Waals surface area contributed by atoms with Gasteiger partial charge in [-0.1, -0.05) is 0 Å². The molecule has 1 atom stereocenters. The molecule has 1 N–H and O–H groups in total. The number of likely N-dealkylation sites (N-methyl/N-ethyl adjacent to an activating group) is 2. The lowest BCUT2D eigenvalue weighted by Gasteiger charge is -2.51. The summed E-state index contributed by atoms with van der Waals surface area (Å²) in [6, 6.07) is 0.272. The lowest BCUT2D eigenvalue weighted by atomic mass is 9.95. The van der Waals surface area contributed by atoms with Gasteiger partial charge in [0, 0.05) is 37.8 Å². The van der Waals surface area contributed by atoms with Gasteiger partial charge in [0.2, 0.25) is 0 Å². The van der Waals surface area contributed by atoms with E-state index in [0.29, 0.717) is 0 Å². The fourth-order valence-electron chi connectivity index (χ4n) is 2.72. The van der Waals surface area contributed by atoms with E-state index >= 15 is 0 Å². The van der Waals surface area contributed by atoms with Gasteiger partial charge in [0.05, 0.1) is 6.61 Å². The molecule has 1 saturated heterocycles. The minimum Gasteiger partial charge on any atom is -0.395 e. The van der Waals surface area contributed by atoms with Crippen molar-refractivity contribution in [2.24, 2.45) is 0 Å². The maximum absolute atomic E-state index is 9.49. The van der Waals surface area contributed by atoms with Gasteiger partial charge in [-0.05, 0) is 35.0 Å². The van der Waals surface area contributed by atoms with E-state index in [4.69, 9.17) is 0 Å². The first kappa shape index (κ1) is 13.9. The van der Waals surface area contributed by atoms with Crippen LogP contribution in [-0.4, -0.2) is 85.3 Å². The highest BCUT2D eigenvalue weighted by Crippen LogP contribution is 2.23. The molecule has 4 nitrogen and oxygen atoms in total. The standard InChI is InChI=1S/C12H27N3O/c1-12(2)10-14(5)8-11(9-16)15(12)7-6-13(3)4/h11,16H,6-10H2,1-5H3. The third-order valence-corrected chi connectivity index (χ3v) is 3.40. The zero-order chi connectivity index (χ0) is 12.3. The number of hydrogen-bond acceptors (Lipinski definition) is 4. The van der Waals surface area contributed by atoms with Crippen LogP contribution in [0.15, 0.2) is 0 Å². The van der Waals surface area contributed by atoms with Crippen LogP contribution in [0.2, 0.25) is 0 Å². The highest BCUT2D eigenvalue weighted by atomic mass is 16.3. The smallest absolute Gasteiger partial charge is 0.0599 e. The van der Waals surface area contributed by atoms with Crippen LogP contribution in [-0.2, 0) is 0 Å². The molecule has 1 aliphatic heterocycles. The Labute approximate surface area is 99.8 Å². The lowest BCUT2D eigenvalue weighted by Crippen LogP contribution is -2.65. The molecule has 1 fully saturated rings. The van der Waals surface area contributed by atoms with Crippen molar-refractivity contribution in [1.82, 2.24) is 14.7 Å². The molecule has 0 aromatic carbocycles. The van der Waals surface area contributed by atoms with Crippen LogP contribution in [0.3, 0.4) is 0 Å². The number of piperazine rings is 1. The molecule has 0 aromatic heterocycles. The number of rotatable bonds is 4. The molecule has 0 radical (unpaired) electrons. The Bertz CT molecular complexity index is 218. The summed E-state index contributed by atoms with van der Waals surface area (Å²) in [6.07, 6.45) is 0. The van der Waals surface area contributed by atoms with Gasteiger partial charge < -0.3 is 14.9 Å². The van der Waals surface area contributed by atoms with Gasteiger partial charge in [-0.3, -0.25) is 4.90 Å². The van der Waals surface area contributed by atoms with Crippen LogP contribution in [0, 0.1) is 0 Å². The second-order valence-electron chi connectivity index (χ2n) is 5.84. The van der Waals surface area contributed by atoms with Crippen LogP contribution in [0.5, 0.6) is 0 Å². The number of hydrogen-bond donors (Lipinski definition) is 1. The zero-order valence-electron chi connectivity index (χ0n) is 11.4. The molecular formula is C12H27N3O. The Morgan fingerprint density at radius 3 is 2.50 bits per heavy atom. The van der Waals surface area contributed by atoms with Gasteiger partial charge in [0.1, 0.15) is 0 Å². The van der Waals surface area contributed by atoms with E-state index in [-0.39, 0.29) is 18.2 Å². The highest BCUT2D eigenvalue weighted by Gasteiger charge is 2.37. The van der Waals surface area contributed by atoms with Gasteiger partial charge >= 0.3 is 0 Å². The summed E-state index contributed by atoms with van der Waals surface area (Å²) < 4.78 is 0. The Morgan fingerprint density at radius 2 is 2.00 bits per heavy atom. The normalized spacial score (nSPS) is 27.6. The highest BCUT2D eigenvalue weighted by molar-refractivity contribution is 4.94. The third kappa shape index (κ3) is 3.42. The topological polar surface area (TPSA) is 30.0 Å². The fourth-order valence-corrected chi connectivity index (χ4v) is 2.72. The van der Waals surface area contributed by atoms with Crippen LogP contribution < -0.4 is 0 Å². The lowest BCUT2D eigenvalue weighted by molar-refractivity contribution is -0.0382. The van der Waals surface area contributed by atoms with Crippen LogP contribution in [0.4, 0.5) is 0 Å². The maximum Gasteiger partial charge on any atom is 0.0599 e. The minimum absolute atomic E-state index is 0.149. The van der Waals surface area contributed by atoms with Gasteiger partial charge in [-0.2, -0.15) is 0 Å². The summed E-state index contributed by atoms with van der Waals surface area (Å²) >= 11 is 0. The summed E-state index contributed by atoms with van der Waals surface area (Å²) in [4.78, 5) is 6.96. The molecule has 0 saturated carbocycles. The molecule has 4 heteroatoms. The molecule has 0 amide bonds. The van der Waals surface area contributed by atoms with Crippen molar-refractivity contribution in [2.45, 2.75) is 25.4 Å². The first-order valence-electron chi connectivity index (χ1n) is 6.07. The number of aliphatic hydroxyl groups is 1. The molecule has 0 bridgehead atoms. The molecule has 0 spiro atoms.